The largest absolute Gasteiger partial charge is 0.358 e. The number of amides is 1. The average Bonchev–Trinajstić information content (AvgIpc) is 2.62. The van der Waals surface area contributed by atoms with Crippen LogP contribution in [0.3, 0.4) is 0 Å². The molecular weight excluding hydrogens is 176 g/mol. The van der Waals surface area contributed by atoms with Gasteiger partial charge in [-0.2, -0.15) is 0 Å². The maximum atomic E-state index is 11.3. The second-order valence-corrected chi connectivity index (χ2v) is 4.83. The maximum absolute atomic E-state index is 11.3. The minimum atomic E-state index is -0.0371. The van der Waals surface area contributed by atoms with Crippen LogP contribution in [0.25, 0.3) is 0 Å². The number of carbonyl (C=O) groups excluding carboxylic acids is 1. The van der Waals surface area contributed by atoms with Gasteiger partial charge in [0.2, 0.25) is 5.91 Å². The van der Waals surface area contributed by atoms with Crippen LogP contribution in [0.5, 0.6) is 0 Å². The fraction of sp³-hybridized carbons (Fsp3) is 0.909. The Morgan fingerprint density at radius 3 is 2.64 bits per heavy atom. The molecule has 1 amide bonds. The second-order valence-electron chi connectivity index (χ2n) is 4.83. The number of likely N-dealkylation sites (N-methyl/N-ethyl adjacent to an activating group) is 1. The van der Waals surface area contributed by atoms with E-state index in [0.29, 0.717) is 11.5 Å². The van der Waals surface area contributed by atoms with Crippen LogP contribution < -0.4 is 10.6 Å². The van der Waals surface area contributed by atoms with E-state index in [-0.39, 0.29) is 11.9 Å². The van der Waals surface area contributed by atoms with Crippen molar-refractivity contribution < 1.29 is 4.79 Å². The Labute approximate surface area is 85.6 Å². The van der Waals surface area contributed by atoms with Crippen molar-refractivity contribution in [1.82, 2.24) is 10.6 Å². The molecule has 2 saturated carbocycles. The highest BCUT2D eigenvalue weighted by atomic mass is 16.2. The Kier molecular flexibility index (Phi) is 2.52. The predicted octanol–water partition coefficient (Wildman–Crippen LogP) is 1.04. The summed E-state index contributed by atoms with van der Waals surface area (Å²) in [5.41, 5.74) is 0.586. The summed E-state index contributed by atoms with van der Waals surface area (Å²) in [7, 11) is 1.69. The third-order valence-electron chi connectivity index (χ3n) is 3.88. The van der Waals surface area contributed by atoms with Crippen LogP contribution in [-0.2, 0) is 4.79 Å². The topological polar surface area (TPSA) is 41.1 Å². The summed E-state index contributed by atoms with van der Waals surface area (Å²) in [4.78, 5) is 11.3. The standard InChI is InChI=1S/C11H20N2O/c1-8(10(14)12-2)13-9-7-11(9)5-3-4-6-11/h8-9,13H,3-7H2,1-2H3,(H,12,14). The first-order chi connectivity index (χ1) is 6.68. The van der Waals surface area contributed by atoms with Crippen molar-refractivity contribution in [1.29, 1.82) is 0 Å². The molecule has 14 heavy (non-hydrogen) atoms. The zero-order chi connectivity index (χ0) is 10.2. The summed E-state index contributed by atoms with van der Waals surface area (Å²) in [5.74, 6) is 0.102. The average molecular weight is 196 g/mol. The van der Waals surface area contributed by atoms with E-state index < -0.39 is 0 Å². The SMILES string of the molecule is CNC(=O)C(C)NC1CC12CCCC2. The van der Waals surface area contributed by atoms with E-state index in [0.717, 1.165) is 0 Å². The minimum Gasteiger partial charge on any atom is -0.358 e. The summed E-state index contributed by atoms with van der Waals surface area (Å²) in [6.07, 6.45) is 6.78. The van der Waals surface area contributed by atoms with Crippen molar-refractivity contribution in [2.24, 2.45) is 5.41 Å². The highest BCUT2D eigenvalue weighted by Crippen LogP contribution is 2.57. The third kappa shape index (κ3) is 1.65. The molecule has 0 aromatic carbocycles. The predicted molar refractivity (Wildman–Crippen MR) is 56.0 cm³/mol. The van der Waals surface area contributed by atoms with E-state index in [1.807, 2.05) is 6.92 Å². The number of nitrogens with one attached hydrogen (secondary N) is 2. The molecular formula is C11H20N2O. The molecule has 0 radical (unpaired) electrons. The fourth-order valence-electron chi connectivity index (χ4n) is 2.81. The third-order valence-corrected chi connectivity index (χ3v) is 3.88. The van der Waals surface area contributed by atoms with Crippen LogP contribution in [0.15, 0.2) is 0 Å². The molecule has 2 aliphatic rings. The molecule has 0 saturated heterocycles. The quantitative estimate of drug-likeness (QED) is 0.708. The molecule has 2 atom stereocenters. The van der Waals surface area contributed by atoms with Crippen LogP contribution in [-0.4, -0.2) is 25.0 Å². The van der Waals surface area contributed by atoms with Crippen molar-refractivity contribution >= 4 is 5.91 Å². The van der Waals surface area contributed by atoms with E-state index in [9.17, 15) is 4.79 Å². The van der Waals surface area contributed by atoms with Crippen LogP contribution in [0.1, 0.15) is 39.0 Å². The van der Waals surface area contributed by atoms with Crippen molar-refractivity contribution in [3.05, 3.63) is 0 Å². The van der Waals surface area contributed by atoms with Gasteiger partial charge in [-0.25, -0.2) is 0 Å². The molecule has 80 valence electrons. The van der Waals surface area contributed by atoms with E-state index >= 15 is 0 Å². The molecule has 0 aromatic rings. The van der Waals surface area contributed by atoms with E-state index in [1.165, 1.54) is 32.1 Å². The molecule has 2 rings (SSSR count). The molecule has 2 fully saturated rings. The zero-order valence-corrected chi connectivity index (χ0v) is 9.10. The molecule has 1 spiro atoms. The Hall–Kier alpha value is -0.570. The molecule has 0 bridgehead atoms. The van der Waals surface area contributed by atoms with Gasteiger partial charge in [-0.1, -0.05) is 12.8 Å². The Morgan fingerprint density at radius 1 is 1.43 bits per heavy atom. The van der Waals surface area contributed by atoms with Gasteiger partial charge in [0.1, 0.15) is 0 Å². The van der Waals surface area contributed by atoms with Gasteiger partial charge in [0, 0.05) is 13.1 Å². The Balaban J connectivity index is 1.80. The fourth-order valence-corrected chi connectivity index (χ4v) is 2.81. The number of rotatable bonds is 3. The van der Waals surface area contributed by atoms with Gasteiger partial charge in [0.05, 0.1) is 6.04 Å². The Bertz CT molecular complexity index is 233. The lowest BCUT2D eigenvalue weighted by molar-refractivity contribution is -0.122. The van der Waals surface area contributed by atoms with Gasteiger partial charge in [-0.05, 0) is 31.6 Å². The molecule has 2 aliphatic carbocycles. The van der Waals surface area contributed by atoms with Crippen molar-refractivity contribution in [3.8, 4) is 0 Å². The van der Waals surface area contributed by atoms with Crippen LogP contribution in [0.2, 0.25) is 0 Å². The second kappa shape index (κ2) is 3.54. The minimum absolute atomic E-state index is 0.0371. The number of hydrogen-bond donors (Lipinski definition) is 2. The first kappa shape index (κ1) is 9.97. The van der Waals surface area contributed by atoms with Gasteiger partial charge in [0.25, 0.3) is 0 Å². The first-order valence-corrected chi connectivity index (χ1v) is 5.66. The van der Waals surface area contributed by atoms with E-state index in [4.69, 9.17) is 0 Å². The molecule has 0 aliphatic heterocycles. The lowest BCUT2D eigenvalue weighted by Gasteiger charge is -2.14. The highest BCUT2D eigenvalue weighted by molar-refractivity contribution is 5.81. The van der Waals surface area contributed by atoms with Gasteiger partial charge in [0.15, 0.2) is 0 Å². The lowest BCUT2D eigenvalue weighted by atomic mass is 10.1. The zero-order valence-electron chi connectivity index (χ0n) is 9.10. The van der Waals surface area contributed by atoms with Gasteiger partial charge in [-0.3, -0.25) is 4.79 Å². The van der Waals surface area contributed by atoms with Crippen LogP contribution in [0, 0.1) is 5.41 Å². The molecule has 2 unspecified atom stereocenters. The van der Waals surface area contributed by atoms with Crippen molar-refractivity contribution in [2.75, 3.05) is 7.05 Å². The molecule has 2 N–H and O–H groups in total. The summed E-state index contributed by atoms with van der Waals surface area (Å²) >= 11 is 0. The first-order valence-electron chi connectivity index (χ1n) is 5.66. The smallest absolute Gasteiger partial charge is 0.236 e. The summed E-state index contributed by atoms with van der Waals surface area (Å²) in [6, 6.07) is 0.572. The monoisotopic (exact) mass is 196 g/mol. The maximum Gasteiger partial charge on any atom is 0.236 e. The molecule has 3 heteroatoms. The number of carbonyl (C=O) groups is 1. The Morgan fingerprint density at radius 2 is 2.07 bits per heavy atom. The van der Waals surface area contributed by atoms with Crippen molar-refractivity contribution in [3.63, 3.8) is 0 Å². The van der Waals surface area contributed by atoms with Crippen LogP contribution in [0.4, 0.5) is 0 Å². The highest BCUT2D eigenvalue weighted by Gasteiger charge is 2.55. The lowest BCUT2D eigenvalue weighted by Crippen LogP contribution is -2.42. The molecule has 0 heterocycles. The van der Waals surface area contributed by atoms with E-state index in [2.05, 4.69) is 10.6 Å². The summed E-state index contributed by atoms with van der Waals surface area (Å²) in [6.45, 7) is 1.94. The van der Waals surface area contributed by atoms with Gasteiger partial charge in [-0.15, -0.1) is 0 Å². The van der Waals surface area contributed by atoms with E-state index in [1.54, 1.807) is 7.05 Å². The van der Waals surface area contributed by atoms with Crippen LogP contribution >= 0.6 is 0 Å². The number of hydrogen-bond acceptors (Lipinski definition) is 2. The van der Waals surface area contributed by atoms with Crippen molar-refractivity contribution in [2.45, 2.75) is 51.1 Å². The van der Waals surface area contributed by atoms with Gasteiger partial charge >= 0.3 is 0 Å². The summed E-state index contributed by atoms with van der Waals surface area (Å²) in [5, 5.41) is 6.10. The van der Waals surface area contributed by atoms with Gasteiger partial charge < -0.3 is 10.6 Å². The summed E-state index contributed by atoms with van der Waals surface area (Å²) < 4.78 is 0. The molecule has 0 aromatic heterocycles. The normalized spacial score (nSPS) is 30.3. The molecule has 3 nitrogen and oxygen atoms in total.